The van der Waals surface area contributed by atoms with Gasteiger partial charge in [-0.2, -0.15) is 0 Å². The van der Waals surface area contributed by atoms with Crippen LogP contribution in [0.5, 0.6) is 0 Å². The highest BCUT2D eigenvalue weighted by molar-refractivity contribution is 9.10. The number of hydrogen-bond acceptors (Lipinski definition) is 4. The second kappa shape index (κ2) is 3.92. The Balaban J connectivity index is 2.17. The van der Waals surface area contributed by atoms with E-state index in [-0.39, 0.29) is 0 Å². The molecule has 0 unspecified atom stereocenters. The van der Waals surface area contributed by atoms with Crippen LogP contribution in [0.15, 0.2) is 39.6 Å². The molecule has 5 heteroatoms. The zero-order valence-corrected chi connectivity index (χ0v) is 10.6. The molecule has 0 aliphatic carbocycles. The molecule has 3 aromatic rings. The molecule has 4 nitrogen and oxygen atoms in total. The minimum absolute atomic E-state index is 0.575. The summed E-state index contributed by atoms with van der Waals surface area (Å²) in [7, 11) is 0. The maximum Gasteiger partial charge on any atom is 0.197 e. The van der Waals surface area contributed by atoms with Gasteiger partial charge >= 0.3 is 0 Å². The summed E-state index contributed by atoms with van der Waals surface area (Å²) in [5, 5.41) is 0. The molecule has 2 aromatic heterocycles. The van der Waals surface area contributed by atoms with Crippen molar-refractivity contribution in [2.75, 3.05) is 0 Å². The molecule has 0 bridgehead atoms. The summed E-state index contributed by atoms with van der Waals surface area (Å²) >= 11 is 3.26. The normalized spacial score (nSPS) is 10.9. The first-order valence-electron chi connectivity index (χ1n) is 5.08. The summed E-state index contributed by atoms with van der Waals surface area (Å²) in [6, 6.07) is 7.68. The van der Waals surface area contributed by atoms with E-state index in [1.54, 1.807) is 6.20 Å². The highest BCUT2D eigenvalue weighted by Gasteiger charge is 2.06. The van der Waals surface area contributed by atoms with Crippen molar-refractivity contribution in [3.8, 4) is 11.3 Å². The highest BCUT2D eigenvalue weighted by Crippen LogP contribution is 2.23. The SMILES string of the molecule is Cc1nc2cc(-c3ccnc(Br)n3)ccc2o1. The number of aryl methyl sites for hydroxylation is 1. The number of fused-ring (bicyclic) bond motifs is 1. The second-order valence-electron chi connectivity index (χ2n) is 3.63. The number of halogens is 1. The zero-order chi connectivity index (χ0) is 11.8. The van der Waals surface area contributed by atoms with E-state index in [1.165, 1.54) is 0 Å². The van der Waals surface area contributed by atoms with E-state index in [0.717, 1.165) is 22.4 Å². The van der Waals surface area contributed by atoms with Gasteiger partial charge in [-0.1, -0.05) is 0 Å². The third-order valence-corrected chi connectivity index (χ3v) is 2.80. The fourth-order valence-electron chi connectivity index (χ4n) is 1.70. The molecule has 0 atom stereocenters. The number of rotatable bonds is 1. The fourth-order valence-corrected chi connectivity index (χ4v) is 2.01. The molecule has 0 saturated heterocycles. The Kier molecular flexibility index (Phi) is 2.40. The third kappa shape index (κ3) is 1.93. The van der Waals surface area contributed by atoms with Crippen molar-refractivity contribution in [3.05, 3.63) is 41.1 Å². The molecule has 2 heterocycles. The summed E-state index contributed by atoms with van der Waals surface area (Å²) < 4.78 is 6.00. The standard InChI is InChI=1S/C12H8BrN3O/c1-7-15-10-6-8(2-3-11(10)17-7)9-4-5-14-12(13)16-9/h2-6H,1H3. The van der Waals surface area contributed by atoms with Gasteiger partial charge in [0.25, 0.3) is 0 Å². The van der Waals surface area contributed by atoms with Crippen molar-refractivity contribution >= 4 is 27.0 Å². The predicted molar refractivity (Wildman–Crippen MR) is 67.5 cm³/mol. The largest absolute Gasteiger partial charge is 0.441 e. The average Bonchev–Trinajstić information content (AvgIpc) is 2.68. The molecule has 0 fully saturated rings. The molecule has 1 aromatic carbocycles. The quantitative estimate of drug-likeness (QED) is 0.645. The molecule has 0 amide bonds. The first-order chi connectivity index (χ1) is 8.22. The van der Waals surface area contributed by atoms with Crippen LogP contribution in [0, 0.1) is 6.92 Å². The molecular weight excluding hydrogens is 282 g/mol. The minimum atomic E-state index is 0.575. The second-order valence-corrected chi connectivity index (χ2v) is 4.34. The maximum atomic E-state index is 5.43. The van der Waals surface area contributed by atoms with Crippen LogP contribution in [0.3, 0.4) is 0 Å². The van der Waals surface area contributed by atoms with Crippen molar-refractivity contribution in [2.45, 2.75) is 6.92 Å². The molecule has 3 rings (SSSR count). The molecule has 17 heavy (non-hydrogen) atoms. The molecule has 0 N–H and O–H groups in total. The fraction of sp³-hybridized carbons (Fsp3) is 0.0833. The Morgan fingerprint density at radius 2 is 2.06 bits per heavy atom. The Morgan fingerprint density at radius 1 is 1.18 bits per heavy atom. The van der Waals surface area contributed by atoms with Crippen molar-refractivity contribution in [2.24, 2.45) is 0 Å². The number of nitrogens with zero attached hydrogens (tertiary/aromatic N) is 3. The van der Waals surface area contributed by atoms with Gasteiger partial charge in [0.2, 0.25) is 0 Å². The van der Waals surface area contributed by atoms with Gasteiger partial charge in [-0.15, -0.1) is 0 Å². The molecular formula is C12H8BrN3O. The van der Waals surface area contributed by atoms with Gasteiger partial charge in [0.1, 0.15) is 5.52 Å². The van der Waals surface area contributed by atoms with Gasteiger partial charge in [-0.3, -0.25) is 0 Å². The Morgan fingerprint density at radius 3 is 2.88 bits per heavy atom. The lowest BCUT2D eigenvalue weighted by molar-refractivity contribution is 0.561. The summed E-state index contributed by atoms with van der Waals surface area (Å²) in [6.07, 6.45) is 1.71. The van der Waals surface area contributed by atoms with E-state index in [1.807, 2.05) is 31.2 Å². The van der Waals surface area contributed by atoms with Gasteiger partial charge < -0.3 is 4.42 Å². The van der Waals surface area contributed by atoms with Crippen molar-refractivity contribution < 1.29 is 4.42 Å². The van der Waals surface area contributed by atoms with Gasteiger partial charge in [0.05, 0.1) is 5.69 Å². The third-order valence-electron chi connectivity index (χ3n) is 2.42. The van der Waals surface area contributed by atoms with E-state index >= 15 is 0 Å². The monoisotopic (exact) mass is 289 g/mol. The van der Waals surface area contributed by atoms with Crippen LogP contribution in [-0.2, 0) is 0 Å². The lowest BCUT2D eigenvalue weighted by Crippen LogP contribution is -1.86. The van der Waals surface area contributed by atoms with Crippen LogP contribution in [0.4, 0.5) is 0 Å². The summed E-state index contributed by atoms with van der Waals surface area (Å²) in [5.74, 6) is 0.668. The van der Waals surface area contributed by atoms with Crippen LogP contribution >= 0.6 is 15.9 Å². The molecule has 0 spiro atoms. The molecule has 0 aliphatic heterocycles. The summed E-state index contributed by atoms with van der Waals surface area (Å²) in [4.78, 5) is 12.6. The summed E-state index contributed by atoms with van der Waals surface area (Å²) in [6.45, 7) is 1.83. The number of aromatic nitrogens is 3. The minimum Gasteiger partial charge on any atom is -0.441 e. The smallest absolute Gasteiger partial charge is 0.197 e. The van der Waals surface area contributed by atoms with Gasteiger partial charge in [-0.25, -0.2) is 15.0 Å². The number of hydrogen-bond donors (Lipinski definition) is 0. The van der Waals surface area contributed by atoms with Crippen molar-refractivity contribution in [3.63, 3.8) is 0 Å². The van der Waals surface area contributed by atoms with Crippen LogP contribution in [0.2, 0.25) is 0 Å². The number of oxazole rings is 1. The van der Waals surface area contributed by atoms with Gasteiger partial charge in [0.15, 0.2) is 16.2 Å². The van der Waals surface area contributed by atoms with Crippen LogP contribution < -0.4 is 0 Å². The first-order valence-corrected chi connectivity index (χ1v) is 5.88. The highest BCUT2D eigenvalue weighted by atomic mass is 79.9. The van der Waals surface area contributed by atoms with E-state index in [2.05, 4.69) is 30.9 Å². The average molecular weight is 290 g/mol. The zero-order valence-electron chi connectivity index (χ0n) is 9.01. The maximum absolute atomic E-state index is 5.43. The van der Waals surface area contributed by atoms with Crippen LogP contribution in [0.25, 0.3) is 22.4 Å². The molecule has 84 valence electrons. The van der Waals surface area contributed by atoms with Gasteiger partial charge in [-0.05, 0) is 40.2 Å². The van der Waals surface area contributed by atoms with Crippen LogP contribution in [-0.4, -0.2) is 15.0 Å². The number of benzene rings is 1. The lowest BCUT2D eigenvalue weighted by Gasteiger charge is -1.99. The van der Waals surface area contributed by atoms with Gasteiger partial charge in [0, 0.05) is 18.7 Å². The Hall–Kier alpha value is -1.75. The van der Waals surface area contributed by atoms with Crippen LogP contribution in [0.1, 0.15) is 5.89 Å². The van der Waals surface area contributed by atoms with E-state index in [0.29, 0.717) is 10.6 Å². The summed E-state index contributed by atoms with van der Waals surface area (Å²) in [5.41, 5.74) is 3.48. The van der Waals surface area contributed by atoms with Crippen molar-refractivity contribution in [1.29, 1.82) is 0 Å². The van der Waals surface area contributed by atoms with E-state index in [9.17, 15) is 0 Å². The molecule has 0 saturated carbocycles. The molecule has 0 aliphatic rings. The van der Waals surface area contributed by atoms with E-state index in [4.69, 9.17) is 4.42 Å². The Labute approximate surface area is 106 Å². The first kappa shape index (κ1) is 10.4. The lowest BCUT2D eigenvalue weighted by atomic mass is 10.1. The van der Waals surface area contributed by atoms with E-state index < -0.39 is 0 Å². The topological polar surface area (TPSA) is 51.8 Å². The predicted octanol–water partition coefficient (Wildman–Crippen LogP) is 3.36. The molecule has 0 radical (unpaired) electrons. The Bertz CT molecular complexity index is 693. The van der Waals surface area contributed by atoms with Crippen molar-refractivity contribution in [1.82, 2.24) is 15.0 Å².